The summed E-state index contributed by atoms with van der Waals surface area (Å²) in [6.45, 7) is 3.89. The molecular weight excluding hydrogens is 760 g/mol. The predicted octanol–water partition coefficient (Wildman–Crippen LogP) is -2.67. The molecule has 1 aromatic rings. The lowest BCUT2D eigenvalue weighted by Crippen LogP contribution is -2.59. The topological polar surface area (TPSA) is 317 Å². The standard InChI is InChI=1S/C34H52N8O13S/c1-22(2)30(33(49)40-25(4-3-12-37-34(35)50)31(47)38-24-7-5-23(20-43)6-8-24)41-32(48)26(21-56(36,51)52)39-27(44)11-14-53-16-18-55-19-17-54-15-13-42-28(45)9-10-29(42)46/h5-10,22,25-26,30,43H,3-4,11-21H2,1-2H3,(H,38,47)(H,39,44)(H,40,49)(H,41,48)(H3,35,37,50)(H2,36,51,52)/t25-,26-,30-/m0/s1. The van der Waals surface area contributed by atoms with Crippen LogP contribution < -0.4 is 37.5 Å². The van der Waals surface area contributed by atoms with Crippen LogP contribution in [0.25, 0.3) is 0 Å². The lowest BCUT2D eigenvalue weighted by atomic mass is 10.0. The first kappa shape index (κ1) is 47.2. The molecule has 10 N–H and O–H groups in total. The highest BCUT2D eigenvalue weighted by atomic mass is 32.2. The van der Waals surface area contributed by atoms with Crippen molar-refractivity contribution < 1.29 is 61.3 Å². The zero-order chi connectivity index (χ0) is 41.7. The maximum atomic E-state index is 13.5. The predicted molar refractivity (Wildman–Crippen MR) is 199 cm³/mol. The van der Waals surface area contributed by atoms with Gasteiger partial charge in [-0.15, -0.1) is 0 Å². The van der Waals surface area contributed by atoms with Gasteiger partial charge in [0.1, 0.15) is 18.1 Å². The summed E-state index contributed by atoms with van der Waals surface area (Å²) in [4.78, 5) is 87.9. The molecule has 0 aliphatic carbocycles. The van der Waals surface area contributed by atoms with Gasteiger partial charge in [-0.1, -0.05) is 26.0 Å². The van der Waals surface area contributed by atoms with E-state index in [0.717, 1.165) is 4.90 Å². The maximum Gasteiger partial charge on any atom is 0.312 e. The monoisotopic (exact) mass is 812 g/mol. The number of carbonyl (C=O) groups is 7. The number of aliphatic hydroxyl groups is 1. The Kier molecular flexibility index (Phi) is 20.6. The molecule has 1 heterocycles. The molecule has 1 aliphatic rings. The first-order valence-electron chi connectivity index (χ1n) is 17.7. The summed E-state index contributed by atoms with van der Waals surface area (Å²) in [5.74, 6) is -5.54. The number of amides is 8. The van der Waals surface area contributed by atoms with Crippen LogP contribution in [-0.2, 0) is 59.6 Å². The van der Waals surface area contributed by atoms with Crippen molar-refractivity contribution in [3.63, 3.8) is 0 Å². The number of benzene rings is 1. The van der Waals surface area contributed by atoms with Gasteiger partial charge in [-0.2, -0.15) is 0 Å². The highest BCUT2D eigenvalue weighted by Crippen LogP contribution is 2.12. The first-order chi connectivity index (χ1) is 26.5. The molecule has 0 saturated carbocycles. The van der Waals surface area contributed by atoms with Gasteiger partial charge in [0.25, 0.3) is 11.8 Å². The van der Waals surface area contributed by atoms with E-state index >= 15 is 0 Å². The number of hydrogen-bond acceptors (Lipinski definition) is 13. The van der Waals surface area contributed by atoms with Gasteiger partial charge < -0.3 is 51.6 Å². The van der Waals surface area contributed by atoms with Crippen LogP contribution in [0.5, 0.6) is 0 Å². The Bertz CT molecular complexity index is 1620. The average Bonchev–Trinajstić information content (AvgIpc) is 3.45. The third kappa shape index (κ3) is 18.6. The van der Waals surface area contributed by atoms with Crippen molar-refractivity contribution in [1.29, 1.82) is 0 Å². The molecule has 1 aliphatic heterocycles. The van der Waals surface area contributed by atoms with Gasteiger partial charge in [0.2, 0.25) is 33.7 Å². The van der Waals surface area contributed by atoms with Crippen LogP contribution in [0.2, 0.25) is 0 Å². The number of hydrogen-bond donors (Lipinski definition) is 8. The number of primary sulfonamides is 1. The van der Waals surface area contributed by atoms with E-state index in [4.69, 9.17) is 25.1 Å². The molecule has 21 nitrogen and oxygen atoms in total. The minimum atomic E-state index is -4.30. The van der Waals surface area contributed by atoms with Crippen LogP contribution in [0.4, 0.5) is 10.5 Å². The van der Waals surface area contributed by atoms with Crippen molar-refractivity contribution >= 4 is 57.2 Å². The Morgan fingerprint density at radius 2 is 1.39 bits per heavy atom. The summed E-state index contributed by atoms with van der Waals surface area (Å²) in [7, 11) is -4.30. The van der Waals surface area contributed by atoms with Gasteiger partial charge in [0.15, 0.2) is 0 Å². The lowest BCUT2D eigenvalue weighted by Gasteiger charge is -2.27. The smallest absolute Gasteiger partial charge is 0.312 e. The Hall–Kier alpha value is -5.00. The van der Waals surface area contributed by atoms with Crippen molar-refractivity contribution in [2.75, 3.05) is 63.8 Å². The second kappa shape index (κ2) is 24.5. The first-order valence-corrected chi connectivity index (χ1v) is 19.4. The Morgan fingerprint density at radius 3 is 1.95 bits per heavy atom. The molecule has 0 bridgehead atoms. The van der Waals surface area contributed by atoms with Gasteiger partial charge >= 0.3 is 6.03 Å². The molecular formula is C34H52N8O13S. The quantitative estimate of drug-likeness (QED) is 0.0333. The zero-order valence-electron chi connectivity index (χ0n) is 31.3. The van der Waals surface area contributed by atoms with Crippen molar-refractivity contribution in [2.45, 2.75) is 57.8 Å². The molecule has 0 saturated heterocycles. The van der Waals surface area contributed by atoms with Crippen molar-refractivity contribution in [2.24, 2.45) is 16.8 Å². The molecule has 0 aromatic heterocycles. The third-order valence-corrected chi connectivity index (χ3v) is 8.68. The Balaban J connectivity index is 1.89. The molecule has 56 heavy (non-hydrogen) atoms. The number of anilines is 1. The van der Waals surface area contributed by atoms with E-state index in [0.29, 0.717) is 11.3 Å². The van der Waals surface area contributed by atoms with Gasteiger partial charge in [-0.05, 0) is 36.5 Å². The van der Waals surface area contributed by atoms with E-state index in [1.54, 1.807) is 38.1 Å². The number of sulfonamides is 1. The molecule has 0 fully saturated rings. The number of primary amides is 1. The van der Waals surface area contributed by atoms with E-state index in [1.165, 1.54) is 12.2 Å². The maximum absolute atomic E-state index is 13.5. The summed E-state index contributed by atoms with van der Waals surface area (Å²) in [5.41, 5.74) is 6.09. The molecule has 0 radical (unpaired) electrons. The zero-order valence-corrected chi connectivity index (χ0v) is 32.1. The van der Waals surface area contributed by atoms with E-state index < -0.39 is 81.3 Å². The average molecular weight is 813 g/mol. The van der Waals surface area contributed by atoms with Crippen LogP contribution >= 0.6 is 0 Å². The highest BCUT2D eigenvalue weighted by molar-refractivity contribution is 7.89. The van der Waals surface area contributed by atoms with Crippen molar-refractivity contribution in [1.82, 2.24) is 26.2 Å². The molecule has 3 atom stereocenters. The SMILES string of the molecule is CC(C)[C@H](NC(=O)[C@H](CS(N)(=O)=O)NC(=O)CCOCCOCCOCCN1C(=O)C=CC1=O)C(=O)N[C@@H](CCCNC(N)=O)C(=O)Nc1ccc(CO)cc1. The van der Waals surface area contributed by atoms with E-state index in [9.17, 15) is 47.1 Å². The fourth-order valence-corrected chi connectivity index (χ4v) is 5.65. The number of imide groups is 1. The van der Waals surface area contributed by atoms with Gasteiger partial charge in [0.05, 0.1) is 58.5 Å². The molecule has 22 heteroatoms. The normalized spacial score (nSPS) is 14.3. The van der Waals surface area contributed by atoms with Crippen LogP contribution in [0.15, 0.2) is 36.4 Å². The Labute approximate surface area is 324 Å². The molecule has 8 amide bonds. The summed E-state index contributed by atoms with van der Waals surface area (Å²) in [6.07, 6.45) is 2.38. The highest BCUT2D eigenvalue weighted by Gasteiger charge is 2.33. The lowest BCUT2D eigenvalue weighted by molar-refractivity contribution is -0.137. The fraction of sp³-hybridized carbons (Fsp3) is 0.559. The number of ether oxygens (including phenoxy) is 3. The molecule has 1 aromatic carbocycles. The molecule has 0 unspecified atom stereocenters. The molecule has 2 rings (SSSR count). The van der Waals surface area contributed by atoms with Gasteiger partial charge in [0, 0.05) is 30.8 Å². The number of nitrogens with two attached hydrogens (primary N) is 2. The largest absolute Gasteiger partial charge is 0.392 e. The summed E-state index contributed by atoms with van der Waals surface area (Å²) in [6, 6.07) is 1.39. The molecule has 312 valence electrons. The minimum absolute atomic E-state index is 0.0450. The van der Waals surface area contributed by atoms with Gasteiger partial charge in [-0.3, -0.25) is 33.7 Å². The second-order valence-electron chi connectivity index (χ2n) is 12.8. The third-order valence-electron chi connectivity index (χ3n) is 7.88. The van der Waals surface area contributed by atoms with Crippen LogP contribution in [0.3, 0.4) is 0 Å². The van der Waals surface area contributed by atoms with Crippen LogP contribution in [0.1, 0.15) is 38.7 Å². The van der Waals surface area contributed by atoms with Crippen LogP contribution in [-0.4, -0.2) is 137 Å². The number of rotatable bonds is 27. The van der Waals surface area contributed by atoms with Crippen molar-refractivity contribution in [3.8, 4) is 0 Å². The number of aliphatic hydroxyl groups excluding tert-OH is 1. The van der Waals surface area contributed by atoms with E-state index in [1.807, 2.05) is 0 Å². The summed E-state index contributed by atoms with van der Waals surface area (Å²) >= 11 is 0. The number of carbonyl (C=O) groups excluding carboxylic acids is 7. The number of nitrogens with one attached hydrogen (secondary N) is 5. The summed E-state index contributed by atoms with van der Waals surface area (Å²) in [5, 5.41) is 26.9. The number of urea groups is 1. The Morgan fingerprint density at radius 1 is 0.804 bits per heavy atom. The van der Waals surface area contributed by atoms with Crippen LogP contribution in [0, 0.1) is 5.92 Å². The van der Waals surface area contributed by atoms with Gasteiger partial charge in [-0.25, -0.2) is 18.4 Å². The van der Waals surface area contributed by atoms with E-state index in [2.05, 4.69) is 26.6 Å². The van der Waals surface area contributed by atoms with Crippen molar-refractivity contribution in [3.05, 3.63) is 42.0 Å². The molecule has 0 spiro atoms. The van der Waals surface area contributed by atoms with E-state index in [-0.39, 0.29) is 78.6 Å². The summed E-state index contributed by atoms with van der Waals surface area (Å²) < 4.78 is 40.0. The minimum Gasteiger partial charge on any atom is -0.392 e. The fourth-order valence-electron chi connectivity index (χ4n) is 4.96. The number of nitrogens with zero attached hydrogens (tertiary/aromatic N) is 1. The second-order valence-corrected chi connectivity index (χ2v) is 14.4.